The third-order valence-electron chi connectivity index (χ3n) is 4.90. The first-order valence-corrected chi connectivity index (χ1v) is 11.6. The molecule has 0 atom stereocenters. The highest BCUT2D eigenvalue weighted by molar-refractivity contribution is 7.90. The normalized spacial score (nSPS) is 11.5. The molecule has 2 N–H and O–H groups in total. The van der Waals surface area contributed by atoms with E-state index in [1.54, 1.807) is 19.1 Å². The van der Waals surface area contributed by atoms with Gasteiger partial charge in [0.15, 0.2) is 11.6 Å². The zero-order chi connectivity index (χ0) is 24.5. The molecule has 0 unspecified atom stereocenters. The van der Waals surface area contributed by atoms with Crippen molar-refractivity contribution in [2.75, 3.05) is 11.8 Å². The summed E-state index contributed by atoms with van der Waals surface area (Å²) in [4.78, 5) is 24.3. The number of halogens is 2. The van der Waals surface area contributed by atoms with E-state index in [-0.39, 0.29) is 34.3 Å². The molecule has 4 rings (SSSR count). The Labute approximate surface area is 198 Å². The second-order valence-corrected chi connectivity index (χ2v) is 9.04. The van der Waals surface area contributed by atoms with Crippen molar-refractivity contribution in [3.63, 3.8) is 0 Å². The number of rotatable bonds is 7. The molecule has 0 saturated carbocycles. The van der Waals surface area contributed by atoms with Crippen molar-refractivity contribution in [1.29, 1.82) is 0 Å². The number of fused-ring (bicyclic) bond motifs is 1. The lowest BCUT2D eigenvalue weighted by Gasteiger charge is -2.12. The van der Waals surface area contributed by atoms with Crippen molar-refractivity contribution in [2.24, 2.45) is 0 Å². The summed E-state index contributed by atoms with van der Waals surface area (Å²) in [6.45, 7) is 1.71. The maximum atomic E-state index is 14.9. The van der Waals surface area contributed by atoms with Gasteiger partial charge in [-0.05, 0) is 42.3 Å². The highest BCUT2D eigenvalue weighted by Gasteiger charge is 2.19. The summed E-state index contributed by atoms with van der Waals surface area (Å²) in [5.74, 6) is -1.06. The smallest absolute Gasteiger partial charge is 0.340 e. The van der Waals surface area contributed by atoms with Gasteiger partial charge in [-0.2, -0.15) is 13.4 Å². The van der Waals surface area contributed by atoms with Gasteiger partial charge in [0.25, 0.3) is 10.2 Å². The van der Waals surface area contributed by atoms with Crippen LogP contribution in [0.4, 0.5) is 10.2 Å². The Morgan fingerprint density at radius 1 is 1.18 bits per heavy atom. The van der Waals surface area contributed by atoms with Gasteiger partial charge in [0.2, 0.25) is 0 Å². The first-order valence-electron chi connectivity index (χ1n) is 9.74. The summed E-state index contributed by atoms with van der Waals surface area (Å²) in [6.07, 6.45) is 2.54. The molecule has 0 aliphatic heterocycles. The summed E-state index contributed by atoms with van der Waals surface area (Å²) in [5, 5.41) is 0.822. The number of aromatic nitrogens is 3. The van der Waals surface area contributed by atoms with Crippen molar-refractivity contribution in [2.45, 2.75) is 13.3 Å². The third kappa shape index (κ3) is 4.98. The number of aryl methyl sites for hydroxylation is 1. The summed E-state index contributed by atoms with van der Waals surface area (Å²) in [7, 11) is -2.80. The topological polar surface area (TPSA) is 136 Å². The van der Waals surface area contributed by atoms with Gasteiger partial charge in [0.05, 0.1) is 0 Å². The van der Waals surface area contributed by atoms with Crippen LogP contribution in [0.5, 0.6) is 11.8 Å². The van der Waals surface area contributed by atoms with E-state index < -0.39 is 27.5 Å². The van der Waals surface area contributed by atoms with Crippen LogP contribution >= 0.6 is 11.6 Å². The number of nitrogens with one attached hydrogen (secondary N) is 2. The number of nitrogens with zero attached hydrogens (tertiary/aromatic N) is 3. The number of ether oxygens (including phenoxy) is 1. The first-order chi connectivity index (χ1) is 16.2. The minimum absolute atomic E-state index is 0.0282. The number of benzene rings is 1. The van der Waals surface area contributed by atoms with E-state index in [1.165, 1.54) is 37.6 Å². The van der Waals surface area contributed by atoms with E-state index in [2.05, 4.69) is 15.0 Å². The molecule has 34 heavy (non-hydrogen) atoms. The average molecular weight is 506 g/mol. The van der Waals surface area contributed by atoms with E-state index in [9.17, 15) is 17.6 Å². The molecule has 0 amide bonds. The van der Waals surface area contributed by atoms with Gasteiger partial charge in [-0.3, -0.25) is 4.72 Å². The van der Waals surface area contributed by atoms with E-state index in [4.69, 9.17) is 20.8 Å². The SMILES string of the molecule is CNS(=O)(=O)Nc1nccc(Cc2c(C)c3ccc(Oc4nccc(Cl)n4)cc3oc2=O)c1F. The Balaban J connectivity index is 1.67. The van der Waals surface area contributed by atoms with Gasteiger partial charge in [-0.15, -0.1) is 0 Å². The summed E-state index contributed by atoms with van der Waals surface area (Å²) >= 11 is 5.83. The Hall–Kier alpha value is -3.61. The molecule has 0 aliphatic carbocycles. The fourth-order valence-electron chi connectivity index (χ4n) is 3.18. The van der Waals surface area contributed by atoms with Crippen LogP contribution in [0.25, 0.3) is 11.0 Å². The zero-order valence-electron chi connectivity index (χ0n) is 17.8. The van der Waals surface area contributed by atoms with Crippen LogP contribution in [0.15, 0.2) is 51.9 Å². The molecular weight excluding hydrogens is 489 g/mol. The second kappa shape index (κ2) is 9.33. The molecule has 3 heterocycles. The molecule has 0 bridgehead atoms. The zero-order valence-corrected chi connectivity index (χ0v) is 19.4. The highest BCUT2D eigenvalue weighted by Crippen LogP contribution is 2.28. The van der Waals surface area contributed by atoms with Crippen molar-refractivity contribution < 1.29 is 22.0 Å². The van der Waals surface area contributed by atoms with Crippen molar-refractivity contribution >= 4 is 38.6 Å². The summed E-state index contributed by atoms with van der Waals surface area (Å²) in [5.41, 5.74) is 0.437. The summed E-state index contributed by atoms with van der Waals surface area (Å²) < 4.78 is 53.3. The van der Waals surface area contributed by atoms with Crippen LogP contribution in [0, 0.1) is 12.7 Å². The Kier molecular flexibility index (Phi) is 6.46. The van der Waals surface area contributed by atoms with Gasteiger partial charge in [0, 0.05) is 42.9 Å². The maximum Gasteiger partial charge on any atom is 0.340 e. The van der Waals surface area contributed by atoms with Crippen molar-refractivity contribution in [3.8, 4) is 11.8 Å². The van der Waals surface area contributed by atoms with Gasteiger partial charge in [-0.1, -0.05) is 11.6 Å². The largest absolute Gasteiger partial charge is 0.424 e. The Morgan fingerprint density at radius 2 is 1.94 bits per heavy atom. The minimum Gasteiger partial charge on any atom is -0.424 e. The second-order valence-electron chi connectivity index (χ2n) is 7.03. The highest BCUT2D eigenvalue weighted by atomic mass is 35.5. The van der Waals surface area contributed by atoms with E-state index in [0.717, 1.165) is 0 Å². The molecule has 1 aromatic carbocycles. The van der Waals surface area contributed by atoms with Crippen LogP contribution in [0.1, 0.15) is 16.7 Å². The lowest BCUT2D eigenvalue weighted by molar-refractivity contribution is 0.440. The average Bonchev–Trinajstić information content (AvgIpc) is 2.78. The van der Waals surface area contributed by atoms with Crippen LogP contribution < -0.4 is 19.8 Å². The van der Waals surface area contributed by atoms with E-state index >= 15 is 0 Å². The number of anilines is 1. The minimum atomic E-state index is -3.97. The Morgan fingerprint density at radius 3 is 2.68 bits per heavy atom. The van der Waals surface area contributed by atoms with Crippen LogP contribution in [-0.4, -0.2) is 30.4 Å². The number of pyridine rings is 1. The van der Waals surface area contributed by atoms with Crippen LogP contribution in [0.3, 0.4) is 0 Å². The van der Waals surface area contributed by atoms with Gasteiger partial charge in [-0.25, -0.2) is 23.9 Å². The standard InChI is InChI=1S/C21H17ClFN5O5S/c1-11-14-4-3-13(32-21-26-8-6-17(22)27-21)10-16(14)33-20(29)15(11)9-12-5-7-25-19(18(12)23)28-34(30,31)24-2/h3-8,10,24H,9H2,1-2H3,(H,25,28). The molecule has 4 aromatic rings. The molecular formula is C21H17ClFN5O5S. The molecule has 0 radical (unpaired) electrons. The van der Waals surface area contributed by atoms with E-state index in [0.29, 0.717) is 16.7 Å². The van der Waals surface area contributed by atoms with Crippen LogP contribution in [-0.2, 0) is 16.6 Å². The molecule has 3 aromatic heterocycles. The fraction of sp³-hybridized carbons (Fsp3) is 0.143. The van der Waals surface area contributed by atoms with Gasteiger partial charge >= 0.3 is 11.6 Å². The summed E-state index contributed by atoms with van der Waals surface area (Å²) in [6, 6.07) is 7.73. The van der Waals surface area contributed by atoms with Gasteiger partial charge in [0.1, 0.15) is 16.5 Å². The van der Waals surface area contributed by atoms with Crippen LogP contribution in [0.2, 0.25) is 5.15 Å². The number of hydrogen-bond acceptors (Lipinski definition) is 8. The Bertz CT molecular complexity index is 1560. The lowest BCUT2D eigenvalue weighted by atomic mass is 10.00. The molecule has 0 aliphatic rings. The first kappa shape index (κ1) is 23.5. The predicted octanol–water partition coefficient (Wildman–Crippen LogP) is 3.34. The van der Waals surface area contributed by atoms with Gasteiger partial charge < -0.3 is 9.15 Å². The monoisotopic (exact) mass is 505 g/mol. The predicted molar refractivity (Wildman–Crippen MR) is 123 cm³/mol. The van der Waals surface area contributed by atoms with Crippen molar-refractivity contribution in [1.82, 2.24) is 19.7 Å². The lowest BCUT2D eigenvalue weighted by Crippen LogP contribution is -2.27. The maximum absolute atomic E-state index is 14.9. The molecule has 10 nitrogen and oxygen atoms in total. The quantitative estimate of drug-likeness (QED) is 0.288. The number of hydrogen-bond donors (Lipinski definition) is 2. The molecule has 13 heteroatoms. The molecule has 0 saturated heterocycles. The third-order valence-corrected chi connectivity index (χ3v) is 6.11. The van der Waals surface area contributed by atoms with Crippen molar-refractivity contribution in [3.05, 3.63) is 80.8 Å². The fourth-order valence-corrected chi connectivity index (χ4v) is 3.80. The van der Waals surface area contributed by atoms with E-state index in [1.807, 2.05) is 9.44 Å². The molecule has 176 valence electrons. The molecule has 0 fully saturated rings. The molecule has 0 spiro atoms.